The monoisotopic (exact) mass is 514 g/mol. The highest BCUT2D eigenvalue weighted by atomic mass is 14.7. The molecule has 0 fully saturated rings. The fourth-order valence-corrected chi connectivity index (χ4v) is 5.41. The van der Waals surface area contributed by atoms with Crippen molar-refractivity contribution in [1.29, 1.82) is 0 Å². The van der Waals surface area contributed by atoms with Gasteiger partial charge in [0.2, 0.25) is 0 Å². The number of pyridine rings is 4. The van der Waals surface area contributed by atoms with Crippen LogP contribution in [-0.2, 0) is 0 Å². The number of aromatic nitrogens is 4. The van der Waals surface area contributed by atoms with Crippen molar-refractivity contribution in [2.45, 2.75) is 13.8 Å². The maximum atomic E-state index is 4.84. The highest BCUT2D eigenvalue weighted by Crippen LogP contribution is 2.43. The second kappa shape index (κ2) is 9.83. The van der Waals surface area contributed by atoms with E-state index in [-0.39, 0.29) is 0 Å². The molecular formula is C36H26N4. The maximum absolute atomic E-state index is 4.84. The number of fused-ring (bicyclic) bond motifs is 2. The van der Waals surface area contributed by atoms with E-state index >= 15 is 0 Å². The van der Waals surface area contributed by atoms with Gasteiger partial charge < -0.3 is 0 Å². The summed E-state index contributed by atoms with van der Waals surface area (Å²) in [4.78, 5) is 18.5. The summed E-state index contributed by atoms with van der Waals surface area (Å²) < 4.78 is 0. The van der Waals surface area contributed by atoms with Crippen molar-refractivity contribution >= 4 is 21.5 Å². The number of benzene rings is 3. The minimum absolute atomic E-state index is 0.913. The summed E-state index contributed by atoms with van der Waals surface area (Å²) in [6.07, 6.45) is 7.72. The summed E-state index contributed by atoms with van der Waals surface area (Å²) >= 11 is 0. The molecular weight excluding hydrogens is 488 g/mol. The summed E-state index contributed by atoms with van der Waals surface area (Å²) in [6, 6.07) is 33.9. The molecule has 4 aromatic heterocycles. The Morgan fingerprint density at radius 1 is 0.350 bits per heavy atom. The van der Waals surface area contributed by atoms with Crippen LogP contribution < -0.4 is 0 Å². The molecule has 0 aliphatic rings. The van der Waals surface area contributed by atoms with Crippen molar-refractivity contribution in [2.75, 3.05) is 0 Å². The van der Waals surface area contributed by atoms with Gasteiger partial charge in [0, 0.05) is 58.4 Å². The van der Waals surface area contributed by atoms with Gasteiger partial charge in [-0.3, -0.25) is 19.9 Å². The molecule has 0 aliphatic carbocycles. The zero-order valence-electron chi connectivity index (χ0n) is 22.3. The first-order chi connectivity index (χ1) is 19.7. The second-order valence-corrected chi connectivity index (χ2v) is 10.1. The first kappa shape index (κ1) is 23.9. The summed E-state index contributed by atoms with van der Waals surface area (Å²) in [5.41, 5.74) is 10.4. The Morgan fingerprint density at radius 3 is 1.00 bits per heavy atom. The molecule has 40 heavy (non-hydrogen) atoms. The van der Waals surface area contributed by atoms with Crippen molar-refractivity contribution < 1.29 is 0 Å². The zero-order valence-corrected chi connectivity index (χ0v) is 22.3. The lowest BCUT2D eigenvalue weighted by Gasteiger charge is -2.17. The van der Waals surface area contributed by atoms with Crippen LogP contribution in [0, 0.1) is 13.8 Å². The predicted molar refractivity (Wildman–Crippen MR) is 164 cm³/mol. The molecule has 0 radical (unpaired) electrons. The van der Waals surface area contributed by atoms with E-state index in [1.54, 1.807) is 0 Å². The molecule has 0 bridgehead atoms. The van der Waals surface area contributed by atoms with Crippen LogP contribution in [0.3, 0.4) is 0 Å². The van der Waals surface area contributed by atoms with Crippen LogP contribution in [0.15, 0.2) is 122 Å². The third-order valence-electron chi connectivity index (χ3n) is 7.45. The molecule has 7 rings (SSSR count). The molecule has 7 aromatic rings. The largest absolute Gasteiger partial charge is 0.261 e. The van der Waals surface area contributed by atoms with E-state index in [1.807, 2.05) is 50.8 Å². The maximum Gasteiger partial charge on any atom is 0.0717 e. The first-order valence-corrected chi connectivity index (χ1v) is 13.4. The molecule has 0 aliphatic heterocycles. The number of rotatable bonds is 4. The van der Waals surface area contributed by atoms with Crippen LogP contribution in [0.4, 0.5) is 0 Å². The lowest BCUT2D eigenvalue weighted by Crippen LogP contribution is -1.93. The normalized spacial score (nSPS) is 11.2. The molecule has 0 atom stereocenters. The predicted octanol–water partition coefficient (Wildman–Crippen LogP) is 8.86. The van der Waals surface area contributed by atoms with Crippen molar-refractivity contribution in [3.8, 4) is 44.8 Å². The first-order valence-electron chi connectivity index (χ1n) is 13.4. The van der Waals surface area contributed by atoms with Crippen LogP contribution >= 0.6 is 0 Å². The number of hydrogen-bond acceptors (Lipinski definition) is 4. The third-order valence-corrected chi connectivity index (χ3v) is 7.45. The molecule has 0 amide bonds. The van der Waals surface area contributed by atoms with Gasteiger partial charge >= 0.3 is 0 Å². The summed E-state index contributed by atoms with van der Waals surface area (Å²) in [7, 11) is 0. The summed E-state index contributed by atoms with van der Waals surface area (Å²) in [5, 5.41) is 4.76. The minimum Gasteiger partial charge on any atom is -0.261 e. The Kier molecular flexibility index (Phi) is 5.86. The molecule has 4 heterocycles. The van der Waals surface area contributed by atoms with Crippen LogP contribution in [0.1, 0.15) is 11.4 Å². The Labute approximate surface area is 233 Å². The van der Waals surface area contributed by atoms with E-state index in [0.717, 1.165) is 45.0 Å². The number of aryl methyl sites for hydroxylation is 2. The number of hydrogen-bond donors (Lipinski definition) is 0. The van der Waals surface area contributed by atoms with Gasteiger partial charge in [-0.2, -0.15) is 0 Å². The molecule has 4 heteroatoms. The summed E-state index contributed by atoms with van der Waals surface area (Å²) in [5.74, 6) is 0. The average Bonchev–Trinajstić information content (AvgIpc) is 3.01. The average molecular weight is 515 g/mol. The van der Waals surface area contributed by atoms with Crippen LogP contribution in [0.25, 0.3) is 66.3 Å². The SMILES string of the molecule is Cc1ccc(-c2ccc(-c3c4ccccc4c(-c4ccc(-c5ccc(C)nc5)nc4)c4ccccc34)cn2)cn1. The number of nitrogens with zero attached hydrogens (tertiary/aromatic N) is 4. The van der Waals surface area contributed by atoms with Gasteiger partial charge in [0.15, 0.2) is 0 Å². The minimum atomic E-state index is 0.913. The quantitative estimate of drug-likeness (QED) is 0.220. The van der Waals surface area contributed by atoms with Gasteiger partial charge in [-0.05, 0) is 82.9 Å². The third kappa shape index (κ3) is 4.20. The van der Waals surface area contributed by atoms with Crippen LogP contribution in [0.2, 0.25) is 0 Å². The van der Waals surface area contributed by atoms with Crippen molar-refractivity contribution in [2.24, 2.45) is 0 Å². The van der Waals surface area contributed by atoms with E-state index in [1.165, 1.54) is 32.7 Å². The van der Waals surface area contributed by atoms with E-state index in [2.05, 4.69) is 94.9 Å². The fraction of sp³-hybridized carbons (Fsp3) is 0.0556. The van der Waals surface area contributed by atoms with Gasteiger partial charge in [-0.25, -0.2) is 0 Å². The molecule has 190 valence electrons. The van der Waals surface area contributed by atoms with Crippen molar-refractivity contribution in [3.63, 3.8) is 0 Å². The van der Waals surface area contributed by atoms with Gasteiger partial charge in [0.05, 0.1) is 11.4 Å². The molecule has 0 N–H and O–H groups in total. The fourth-order valence-electron chi connectivity index (χ4n) is 5.41. The lowest BCUT2D eigenvalue weighted by atomic mass is 9.86. The standard InChI is InChI=1S/C36H26N4/c1-23-11-13-25(19-37-23)33-17-15-27(21-39-33)35-29-7-3-5-9-31(29)36(32-10-6-4-8-30(32)35)28-16-18-34(40-22-28)26-14-12-24(2)38-20-26/h3-22H,1-2H3. The Hall–Kier alpha value is -5.22. The van der Waals surface area contributed by atoms with Gasteiger partial charge in [-0.1, -0.05) is 60.7 Å². The lowest BCUT2D eigenvalue weighted by molar-refractivity contribution is 1.19. The zero-order chi connectivity index (χ0) is 27.1. The van der Waals surface area contributed by atoms with E-state index in [4.69, 9.17) is 9.97 Å². The second-order valence-electron chi connectivity index (χ2n) is 10.1. The van der Waals surface area contributed by atoms with Crippen molar-refractivity contribution in [1.82, 2.24) is 19.9 Å². The molecule has 0 saturated heterocycles. The molecule has 0 saturated carbocycles. The highest BCUT2D eigenvalue weighted by molar-refractivity contribution is 6.21. The van der Waals surface area contributed by atoms with Crippen LogP contribution in [0.5, 0.6) is 0 Å². The molecule has 0 unspecified atom stereocenters. The smallest absolute Gasteiger partial charge is 0.0717 e. The Bertz CT molecular complexity index is 1770. The van der Waals surface area contributed by atoms with Gasteiger partial charge in [0.1, 0.15) is 0 Å². The Morgan fingerprint density at radius 2 is 0.700 bits per heavy atom. The van der Waals surface area contributed by atoms with Crippen LogP contribution in [-0.4, -0.2) is 19.9 Å². The topological polar surface area (TPSA) is 51.6 Å². The molecule has 0 spiro atoms. The van der Waals surface area contributed by atoms with E-state index in [9.17, 15) is 0 Å². The van der Waals surface area contributed by atoms with Crippen molar-refractivity contribution in [3.05, 3.63) is 133 Å². The highest BCUT2D eigenvalue weighted by Gasteiger charge is 2.17. The van der Waals surface area contributed by atoms with E-state index in [0.29, 0.717) is 0 Å². The Balaban J connectivity index is 1.39. The van der Waals surface area contributed by atoms with E-state index < -0.39 is 0 Å². The molecule has 3 aromatic carbocycles. The summed E-state index contributed by atoms with van der Waals surface area (Å²) in [6.45, 7) is 3.98. The van der Waals surface area contributed by atoms with Gasteiger partial charge in [-0.15, -0.1) is 0 Å². The molecule has 4 nitrogen and oxygen atoms in total. The van der Waals surface area contributed by atoms with Gasteiger partial charge in [0.25, 0.3) is 0 Å².